The smallest absolute Gasteiger partial charge is 0.249 e. The predicted octanol–water partition coefficient (Wildman–Crippen LogP) is 6.55. The molecule has 0 amide bonds. The van der Waals surface area contributed by atoms with Gasteiger partial charge in [-0.05, 0) is 42.3 Å². The lowest BCUT2D eigenvalue weighted by atomic mass is 10.1. The topological polar surface area (TPSA) is 51.0 Å². The number of benzene rings is 3. The van der Waals surface area contributed by atoms with E-state index in [9.17, 15) is 0 Å². The molecule has 0 aliphatic carbocycles. The average molecular weight is 410 g/mol. The fraction of sp³-hybridized carbons (Fsp3) is 0.0909. The maximum absolute atomic E-state index is 6.27. The molecule has 0 bridgehead atoms. The van der Waals surface area contributed by atoms with Gasteiger partial charge in [0.25, 0.3) is 0 Å². The molecule has 0 fully saturated rings. The highest BCUT2D eigenvalue weighted by Crippen LogP contribution is 2.32. The zero-order valence-corrected chi connectivity index (χ0v) is 16.6. The molecule has 140 valence electrons. The van der Waals surface area contributed by atoms with Crippen molar-refractivity contribution in [3.63, 3.8) is 0 Å². The zero-order valence-electron chi connectivity index (χ0n) is 15.1. The minimum absolute atomic E-state index is 0.331. The van der Waals surface area contributed by atoms with E-state index >= 15 is 0 Å². The summed E-state index contributed by atoms with van der Waals surface area (Å²) in [5, 5.41) is 13.2. The Hall–Kier alpha value is -2.82. The van der Waals surface area contributed by atoms with E-state index in [0.29, 0.717) is 27.4 Å². The lowest BCUT2D eigenvalue weighted by Gasteiger charge is -2.18. The third-order valence-corrected chi connectivity index (χ3v) is 4.99. The predicted molar refractivity (Wildman–Crippen MR) is 113 cm³/mol. The van der Waals surface area contributed by atoms with Crippen LogP contribution in [0.5, 0.6) is 0 Å². The maximum atomic E-state index is 6.27. The average Bonchev–Trinajstić information content (AvgIpc) is 3.19. The molecule has 0 unspecified atom stereocenters. The first-order valence-corrected chi connectivity index (χ1v) is 9.53. The second kappa shape index (κ2) is 8.05. The van der Waals surface area contributed by atoms with Gasteiger partial charge < -0.3 is 9.73 Å². The van der Waals surface area contributed by atoms with Gasteiger partial charge in [0.05, 0.1) is 10.6 Å². The van der Waals surface area contributed by atoms with Crippen LogP contribution in [0.4, 0.5) is 5.69 Å². The van der Waals surface area contributed by atoms with E-state index in [0.717, 1.165) is 16.8 Å². The van der Waals surface area contributed by atoms with Gasteiger partial charge in [-0.3, -0.25) is 0 Å². The third kappa shape index (κ3) is 3.88. The Bertz CT molecular complexity index is 1100. The van der Waals surface area contributed by atoms with Crippen molar-refractivity contribution >= 4 is 28.9 Å². The third-order valence-electron chi connectivity index (χ3n) is 4.42. The van der Waals surface area contributed by atoms with Gasteiger partial charge in [-0.25, -0.2) is 0 Å². The highest BCUT2D eigenvalue weighted by atomic mass is 35.5. The van der Waals surface area contributed by atoms with Crippen LogP contribution in [0.25, 0.3) is 11.5 Å². The van der Waals surface area contributed by atoms with E-state index in [1.807, 2.05) is 73.7 Å². The van der Waals surface area contributed by atoms with E-state index in [1.165, 1.54) is 0 Å². The number of anilines is 1. The van der Waals surface area contributed by atoms with Crippen LogP contribution in [0.2, 0.25) is 10.0 Å². The molecule has 6 heteroatoms. The number of nitrogens with zero attached hydrogens (tertiary/aromatic N) is 2. The maximum Gasteiger partial charge on any atom is 0.249 e. The van der Waals surface area contributed by atoms with Crippen molar-refractivity contribution in [3.05, 3.63) is 99.9 Å². The molecule has 0 aliphatic rings. The number of halogens is 2. The molecule has 4 nitrogen and oxygen atoms in total. The summed E-state index contributed by atoms with van der Waals surface area (Å²) in [5.74, 6) is 0.826. The SMILES string of the molecule is Cc1ccc(Cl)cc1N[C@H](c1ccccc1)c1nnc(-c2ccccc2Cl)o1. The summed E-state index contributed by atoms with van der Waals surface area (Å²) in [4.78, 5) is 0. The molecular weight excluding hydrogens is 393 g/mol. The molecule has 0 radical (unpaired) electrons. The normalized spacial score (nSPS) is 12.0. The Morgan fingerprint density at radius 1 is 0.893 bits per heavy atom. The highest BCUT2D eigenvalue weighted by Gasteiger charge is 2.22. The number of aryl methyl sites for hydroxylation is 1. The Morgan fingerprint density at radius 2 is 1.64 bits per heavy atom. The first-order chi connectivity index (χ1) is 13.6. The highest BCUT2D eigenvalue weighted by molar-refractivity contribution is 6.33. The van der Waals surface area contributed by atoms with Gasteiger partial charge in [0.1, 0.15) is 6.04 Å². The second-order valence-electron chi connectivity index (χ2n) is 6.37. The Labute approximate surface area is 173 Å². The summed E-state index contributed by atoms with van der Waals surface area (Å²) in [7, 11) is 0. The number of hydrogen-bond acceptors (Lipinski definition) is 4. The summed E-state index contributed by atoms with van der Waals surface area (Å²) >= 11 is 12.5. The number of nitrogens with one attached hydrogen (secondary N) is 1. The van der Waals surface area contributed by atoms with Crippen LogP contribution >= 0.6 is 23.2 Å². The minimum Gasteiger partial charge on any atom is -0.418 e. The Morgan fingerprint density at radius 3 is 2.43 bits per heavy atom. The Kier molecular flexibility index (Phi) is 5.33. The van der Waals surface area contributed by atoms with E-state index in [4.69, 9.17) is 27.6 Å². The number of hydrogen-bond donors (Lipinski definition) is 1. The van der Waals surface area contributed by atoms with Gasteiger partial charge in [-0.1, -0.05) is 71.7 Å². The molecule has 4 aromatic rings. The number of rotatable bonds is 5. The molecule has 0 saturated carbocycles. The summed E-state index contributed by atoms with van der Waals surface area (Å²) in [6.45, 7) is 2.02. The second-order valence-corrected chi connectivity index (χ2v) is 7.22. The molecule has 3 aromatic carbocycles. The van der Waals surface area contributed by atoms with Crippen LogP contribution < -0.4 is 5.32 Å². The Balaban J connectivity index is 1.75. The van der Waals surface area contributed by atoms with Crippen molar-refractivity contribution in [2.45, 2.75) is 13.0 Å². The van der Waals surface area contributed by atoms with E-state index in [2.05, 4.69) is 15.5 Å². The monoisotopic (exact) mass is 409 g/mol. The molecule has 1 atom stereocenters. The van der Waals surface area contributed by atoms with Crippen molar-refractivity contribution in [2.75, 3.05) is 5.32 Å². The molecule has 0 saturated heterocycles. The van der Waals surface area contributed by atoms with Gasteiger partial charge >= 0.3 is 0 Å². The van der Waals surface area contributed by atoms with Crippen LogP contribution in [0.15, 0.2) is 77.2 Å². The van der Waals surface area contributed by atoms with Crippen LogP contribution in [-0.4, -0.2) is 10.2 Å². The van der Waals surface area contributed by atoms with Gasteiger partial charge in [-0.2, -0.15) is 0 Å². The fourth-order valence-corrected chi connectivity index (χ4v) is 3.32. The molecule has 28 heavy (non-hydrogen) atoms. The summed E-state index contributed by atoms with van der Waals surface area (Å²) in [6, 6.07) is 22.7. The summed E-state index contributed by atoms with van der Waals surface area (Å²) in [5.41, 5.74) is 3.67. The van der Waals surface area contributed by atoms with Crippen LogP contribution in [0, 0.1) is 6.92 Å². The lowest BCUT2D eigenvalue weighted by molar-refractivity contribution is 0.494. The van der Waals surface area contributed by atoms with Gasteiger partial charge in [0.15, 0.2) is 0 Å². The van der Waals surface area contributed by atoms with Crippen molar-refractivity contribution in [2.24, 2.45) is 0 Å². The zero-order chi connectivity index (χ0) is 19.5. The number of aromatic nitrogens is 2. The first-order valence-electron chi connectivity index (χ1n) is 8.78. The standard InChI is InChI=1S/C22H17Cl2N3O/c1-14-11-12-16(23)13-19(14)25-20(15-7-3-2-4-8-15)22-27-26-21(28-22)17-9-5-6-10-18(17)24/h2-13,20,25H,1H3/t20-/m1/s1. The fourth-order valence-electron chi connectivity index (χ4n) is 2.93. The van der Waals surface area contributed by atoms with E-state index < -0.39 is 0 Å². The molecule has 1 N–H and O–H groups in total. The van der Waals surface area contributed by atoms with Crippen molar-refractivity contribution < 1.29 is 4.42 Å². The minimum atomic E-state index is -0.331. The van der Waals surface area contributed by atoms with Gasteiger partial charge in [0, 0.05) is 10.7 Å². The first kappa shape index (κ1) is 18.5. The van der Waals surface area contributed by atoms with E-state index in [1.54, 1.807) is 6.07 Å². The van der Waals surface area contributed by atoms with Crippen molar-refractivity contribution in [1.29, 1.82) is 0 Å². The van der Waals surface area contributed by atoms with Crippen molar-refractivity contribution in [3.8, 4) is 11.5 Å². The molecule has 0 spiro atoms. The van der Waals surface area contributed by atoms with E-state index in [-0.39, 0.29) is 6.04 Å². The molecular formula is C22H17Cl2N3O. The molecule has 1 heterocycles. The molecule has 0 aliphatic heterocycles. The quantitative estimate of drug-likeness (QED) is 0.405. The van der Waals surface area contributed by atoms with Gasteiger partial charge in [0.2, 0.25) is 11.8 Å². The summed E-state index contributed by atoms with van der Waals surface area (Å²) in [6.07, 6.45) is 0. The lowest BCUT2D eigenvalue weighted by Crippen LogP contribution is -2.13. The van der Waals surface area contributed by atoms with Gasteiger partial charge in [-0.15, -0.1) is 10.2 Å². The summed E-state index contributed by atoms with van der Waals surface area (Å²) < 4.78 is 6.01. The van der Waals surface area contributed by atoms with Crippen LogP contribution in [0.3, 0.4) is 0 Å². The van der Waals surface area contributed by atoms with Crippen LogP contribution in [-0.2, 0) is 0 Å². The van der Waals surface area contributed by atoms with Crippen LogP contribution in [0.1, 0.15) is 23.1 Å². The molecule has 4 rings (SSSR count). The molecule has 1 aromatic heterocycles. The van der Waals surface area contributed by atoms with Crippen molar-refractivity contribution in [1.82, 2.24) is 10.2 Å². The largest absolute Gasteiger partial charge is 0.418 e.